The molecule has 1 saturated heterocycles. The summed E-state index contributed by atoms with van der Waals surface area (Å²) in [6.45, 7) is 2.79. The first-order valence-corrected chi connectivity index (χ1v) is 5.15. The first-order valence-electron chi connectivity index (χ1n) is 5.15. The summed E-state index contributed by atoms with van der Waals surface area (Å²) in [5, 5.41) is 0. The van der Waals surface area contributed by atoms with E-state index in [1.54, 1.807) is 4.90 Å². The van der Waals surface area contributed by atoms with Gasteiger partial charge in [0, 0.05) is 25.6 Å². The van der Waals surface area contributed by atoms with Crippen molar-refractivity contribution in [3.8, 4) is 0 Å². The molecule has 15 heavy (non-hydrogen) atoms. The monoisotopic (exact) mass is 214 g/mol. The van der Waals surface area contributed by atoms with Crippen LogP contribution in [0, 0.1) is 5.92 Å². The minimum atomic E-state index is -0.239. The van der Waals surface area contributed by atoms with Crippen LogP contribution >= 0.6 is 0 Å². The van der Waals surface area contributed by atoms with Crippen molar-refractivity contribution in [2.45, 2.75) is 25.8 Å². The van der Waals surface area contributed by atoms with E-state index >= 15 is 0 Å². The molecule has 1 aliphatic rings. The highest BCUT2D eigenvalue weighted by Gasteiger charge is 2.30. The van der Waals surface area contributed by atoms with Crippen molar-refractivity contribution in [2.24, 2.45) is 11.7 Å². The Morgan fingerprint density at radius 1 is 1.73 bits per heavy atom. The van der Waals surface area contributed by atoms with Gasteiger partial charge in [0.25, 0.3) is 0 Å². The van der Waals surface area contributed by atoms with E-state index in [0.717, 1.165) is 0 Å². The molecule has 1 unspecified atom stereocenters. The van der Waals surface area contributed by atoms with Gasteiger partial charge in [-0.1, -0.05) is 0 Å². The Hall–Kier alpha value is -1.10. The van der Waals surface area contributed by atoms with Crippen LogP contribution < -0.4 is 5.73 Å². The lowest BCUT2D eigenvalue weighted by molar-refractivity contribution is -0.150. The van der Waals surface area contributed by atoms with Crippen LogP contribution in [0.3, 0.4) is 0 Å². The fraction of sp³-hybridized carbons (Fsp3) is 0.800. The molecule has 1 rings (SSSR count). The number of hydrogen-bond donors (Lipinski definition) is 1. The number of piperidine rings is 1. The molecule has 0 aromatic heterocycles. The number of esters is 1. The molecular weight excluding hydrogens is 196 g/mol. The molecule has 0 aliphatic carbocycles. The predicted octanol–water partition coefficient (Wildman–Crippen LogP) is -0.255. The summed E-state index contributed by atoms with van der Waals surface area (Å²) >= 11 is 0. The summed E-state index contributed by atoms with van der Waals surface area (Å²) in [4.78, 5) is 24.5. The number of methoxy groups -OCH3 is 1. The molecule has 86 valence electrons. The van der Waals surface area contributed by atoms with Crippen LogP contribution in [0.5, 0.6) is 0 Å². The number of carbonyl (C=O) groups is 2. The zero-order valence-electron chi connectivity index (χ0n) is 9.23. The van der Waals surface area contributed by atoms with Gasteiger partial charge in [-0.05, 0) is 13.3 Å². The van der Waals surface area contributed by atoms with Crippen LogP contribution in [0.4, 0.5) is 0 Å². The van der Waals surface area contributed by atoms with Crippen LogP contribution in [-0.2, 0) is 14.3 Å². The topological polar surface area (TPSA) is 72.6 Å². The lowest BCUT2D eigenvalue weighted by Gasteiger charge is -2.32. The molecule has 5 nitrogen and oxygen atoms in total. The van der Waals surface area contributed by atoms with Crippen molar-refractivity contribution in [3.63, 3.8) is 0 Å². The standard InChI is InChI=1S/C10H18N2O3/c1-7(11)5-12-6-8(10(14)15-2)3-4-9(12)13/h7-8H,3-6,11H2,1-2H3/t7-,8?/m0/s1. The molecule has 1 amide bonds. The smallest absolute Gasteiger partial charge is 0.310 e. The van der Waals surface area contributed by atoms with Gasteiger partial charge in [0.05, 0.1) is 13.0 Å². The van der Waals surface area contributed by atoms with E-state index in [2.05, 4.69) is 4.74 Å². The van der Waals surface area contributed by atoms with E-state index in [1.807, 2.05) is 6.92 Å². The summed E-state index contributed by atoms with van der Waals surface area (Å²) in [7, 11) is 1.37. The van der Waals surface area contributed by atoms with Crippen LogP contribution in [0.15, 0.2) is 0 Å². The second kappa shape index (κ2) is 5.11. The molecule has 1 fully saturated rings. The first kappa shape index (κ1) is 12.0. The van der Waals surface area contributed by atoms with Crippen LogP contribution in [0.1, 0.15) is 19.8 Å². The van der Waals surface area contributed by atoms with Gasteiger partial charge in [-0.3, -0.25) is 9.59 Å². The summed E-state index contributed by atoms with van der Waals surface area (Å²) < 4.78 is 4.67. The van der Waals surface area contributed by atoms with Gasteiger partial charge in [0.2, 0.25) is 5.91 Å². The Morgan fingerprint density at radius 3 is 2.93 bits per heavy atom. The number of nitrogens with two attached hydrogens (primary N) is 1. The Labute approximate surface area is 89.6 Å². The summed E-state index contributed by atoms with van der Waals surface area (Å²) in [6.07, 6.45) is 0.993. The second-order valence-corrected chi connectivity index (χ2v) is 4.03. The normalized spacial score (nSPS) is 23.8. The fourth-order valence-corrected chi connectivity index (χ4v) is 1.80. The zero-order chi connectivity index (χ0) is 11.4. The van der Waals surface area contributed by atoms with E-state index in [9.17, 15) is 9.59 Å². The maximum atomic E-state index is 11.5. The zero-order valence-corrected chi connectivity index (χ0v) is 9.23. The Morgan fingerprint density at radius 2 is 2.40 bits per heavy atom. The molecule has 0 aromatic rings. The molecule has 0 saturated carbocycles. The van der Waals surface area contributed by atoms with Crippen LogP contribution in [0.2, 0.25) is 0 Å². The van der Waals surface area contributed by atoms with Crippen LogP contribution in [0.25, 0.3) is 0 Å². The molecule has 0 aromatic carbocycles. The van der Waals surface area contributed by atoms with Gasteiger partial charge in [-0.2, -0.15) is 0 Å². The lowest BCUT2D eigenvalue weighted by Crippen LogP contribution is -2.47. The van der Waals surface area contributed by atoms with Crippen molar-refractivity contribution in [3.05, 3.63) is 0 Å². The van der Waals surface area contributed by atoms with E-state index in [0.29, 0.717) is 25.9 Å². The van der Waals surface area contributed by atoms with E-state index in [4.69, 9.17) is 5.73 Å². The van der Waals surface area contributed by atoms with Gasteiger partial charge < -0.3 is 15.4 Å². The third kappa shape index (κ3) is 3.20. The number of rotatable bonds is 3. The third-order valence-corrected chi connectivity index (χ3v) is 2.54. The third-order valence-electron chi connectivity index (χ3n) is 2.54. The lowest BCUT2D eigenvalue weighted by atomic mass is 9.97. The van der Waals surface area contributed by atoms with Crippen molar-refractivity contribution in [1.29, 1.82) is 0 Å². The van der Waals surface area contributed by atoms with Gasteiger partial charge in [-0.15, -0.1) is 0 Å². The highest BCUT2D eigenvalue weighted by molar-refractivity contribution is 5.81. The van der Waals surface area contributed by atoms with Crippen molar-refractivity contribution in [1.82, 2.24) is 4.90 Å². The van der Waals surface area contributed by atoms with Crippen LogP contribution in [-0.4, -0.2) is 43.0 Å². The SMILES string of the molecule is COC(=O)C1CCC(=O)N(C[C@H](C)N)C1. The van der Waals surface area contributed by atoms with E-state index in [1.165, 1.54) is 7.11 Å². The number of nitrogens with zero attached hydrogens (tertiary/aromatic N) is 1. The fourth-order valence-electron chi connectivity index (χ4n) is 1.80. The largest absolute Gasteiger partial charge is 0.469 e. The number of carbonyl (C=O) groups excluding carboxylic acids is 2. The number of amides is 1. The first-order chi connectivity index (χ1) is 7.04. The van der Waals surface area contributed by atoms with E-state index in [-0.39, 0.29) is 23.8 Å². The van der Waals surface area contributed by atoms with Gasteiger partial charge in [0.15, 0.2) is 0 Å². The Balaban J connectivity index is 2.55. The molecule has 0 bridgehead atoms. The van der Waals surface area contributed by atoms with Gasteiger partial charge >= 0.3 is 5.97 Å². The molecule has 2 N–H and O–H groups in total. The van der Waals surface area contributed by atoms with Gasteiger partial charge in [-0.25, -0.2) is 0 Å². The quantitative estimate of drug-likeness (QED) is 0.657. The number of hydrogen-bond acceptors (Lipinski definition) is 4. The Bertz CT molecular complexity index is 253. The maximum absolute atomic E-state index is 11.5. The molecule has 1 heterocycles. The predicted molar refractivity (Wildman–Crippen MR) is 55.0 cm³/mol. The average molecular weight is 214 g/mol. The number of likely N-dealkylation sites (tertiary alicyclic amines) is 1. The minimum absolute atomic E-state index is 0.0645. The minimum Gasteiger partial charge on any atom is -0.469 e. The highest BCUT2D eigenvalue weighted by atomic mass is 16.5. The molecule has 1 aliphatic heterocycles. The molecule has 0 radical (unpaired) electrons. The number of ether oxygens (including phenoxy) is 1. The molecule has 2 atom stereocenters. The van der Waals surface area contributed by atoms with Crippen molar-refractivity contribution >= 4 is 11.9 Å². The Kier molecular flexibility index (Phi) is 4.08. The summed E-state index contributed by atoms with van der Waals surface area (Å²) in [5.41, 5.74) is 5.63. The summed E-state index contributed by atoms with van der Waals surface area (Å²) in [5.74, 6) is -0.351. The van der Waals surface area contributed by atoms with E-state index < -0.39 is 0 Å². The molecular formula is C10H18N2O3. The second-order valence-electron chi connectivity index (χ2n) is 4.03. The highest BCUT2D eigenvalue weighted by Crippen LogP contribution is 2.18. The summed E-state index contributed by atoms with van der Waals surface area (Å²) in [6, 6.07) is -0.0645. The average Bonchev–Trinajstić information content (AvgIpc) is 2.19. The maximum Gasteiger partial charge on any atom is 0.310 e. The van der Waals surface area contributed by atoms with Crippen molar-refractivity contribution in [2.75, 3.05) is 20.2 Å². The van der Waals surface area contributed by atoms with Crippen molar-refractivity contribution < 1.29 is 14.3 Å². The molecule has 0 spiro atoms. The van der Waals surface area contributed by atoms with Gasteiger partial charge in [0.1, 0.15) is 0 Å². The molecule has 5 heteroatoms.